The molecule has 2 aromatic rings. The summed E-state index contributed by atoms with van der Waals surface area (Å²) in [5.74, 6) is 0.581. The molecule has 0 aromatic heterocycles. The fourth-order valence-corrected chi connectivity index (χ4v) is 5.26. The van der Waals surface area contributed by atoms with Gasteiger partial charge in [-0.25, -0.2) is 4.79 Å². The van der Waals surface area contributed by atoms with Gasteiger partial charge in [0.05, 0.1) is 38.9 Å². The molecule has 0 saturated heterocycles. The molecule has 1 N–H and O–H groups in total. The predicted octanol–water partition coefficient (Wildman–Crippen LogP) is 5.03. The Kier molecular flexibility index (Phi) is 7.38. The molecule has 4 rings (SSSR count). The minimum Gasteiger partial charge on any atom is -0.496 e. The van der Waals surface area contributed by atoms with Gasteiger partial charge in [-0.05, 0) is 44.9 Å². The lowest BCUT2D eigenvalue weighted by atomic mass is 9.71. The molecule has 0 unspecified atom stereocenters. The van der Waals surface area contributed by atoms with Crippen molar-refractivity contribution in [3.05, 3.63) is 76.1 Å². The lowest BCUT2D eigenvalue weighted by molar-refractivity contribution is -0.143. The highest BCUT2D eigenvalue weighted by atomic mass is 16.5. The number of nitrogens with one attached hydrogen (secondary N) is 1. The number of methoxy groups -OCH3 is 3. The molecule has 36 heavy (non-hydrogen) atoms. The van der Waals surface area contributed by atoms with Crippen LogP contribution in [0.4, 0.5) is 0 Å². The average molecular weight is 492 g/mol. The summed E-state index contributed by atoms with van der Waals surface area (Å²) in [6, 6.07) is 13.3. The molecule has 190 valence electrons. The molecular formula is C29H33NO6. The second-order valence-electron chi connectivity index (χ2n) is 9.30. The highest BCUT2D eigenvalue weighted by Gasteiger charge is 2.43. The summed E-state index contributed by atoms with van der Waals surface area (Å²) in [5.41, 5.74) is 4.10. The smallest absolute Gasteiger partial charge is 0.337 e. The van der Waals surface area contributed by atoms with E-state index in [4.69, 9.17) is 18.9 Å². The third-order valence-corrected chi connectivity index (χ3v) is 6.71. The summed E-state index contributed by atoms with van der Waals surface area (Å²) in [6.07, 6.45) is 0.599. The van der Waals surface area contributed by atoms with Crippen LogP contribution in [0.1, 0.15) is 56.6 Å². The second kappa shape index (κ2) is 10.5. The molecule has 2 atom stereocenters. The second-order valence-corrected chi connectivity index (χ2v) is 9.30. The van der Waals surface area contributed by atoms with Gasteiger partial charge in [0.25, 0.3) is 0 Å². The SMILES string of the molecule is COc1ccccc1[C@H]1CC(=O)C2=C(C1)NC(C)=C(C(=O)OC(C)C)[C@H]2c1cccc(OC)c1OC. The van der Waals surface area contributed by atoms with Crippen LogP contribution < -0.4 is 19.5 Å². The molecule has 0 fully saturated rings. The lowest BCUT2D eigenvalue weighted by Crippen LogP contribution is -2.36. The molecule has 1 heterocycles. The van der Waals surface area contributed by atoms with Crippen molar-refractivity contribution < 1.29 is 28.5 Å². The van der Waals surface area contributed by atoms with Gasteiger partial charge in [-0.15, -0.1) is 0 Å². The Morgan fingerprint density at radius 1 is 0.917 bits per heavy atom. The van der Waals surface area contributed by atoms with E-state index in [1.807, 2.05) is 43.3 Å². The molecule has 2 aliphatic rings. The number of carbonyl (C=O) groups excluding carboxylic acids is 2. The van der Waals surface area contributed by atoms with Gasteiger partial charge in [0, 0.05) is 34.9 Å². The molecule has 2 aromatic carbocycles. The first-order valence-corrected chi connectivity index (χ1v) is 12.1. The number of allylic oxidation sites excluding steroid dienone is 3. The number of ether oxygens (including phenoxy) is 4. The van der Waals surface area contributed by atoms with Crippen LogP contribution in [0.2, 0.25) is 0 Å². The van der Waals surface area contributed by atoms with Crippen LogP contribution in [0, 0.1) is 0 Å². The number of para-hydroxylation sites is 2. The monoisotopic (exact) mass is 491 g/mol. The topological polar surface area (TPSA) is 83.1 Å². The zero-order chi connectivity index (χ0) is 26.0. The quantitative estimate of drug-likeness (QED) is 0.544. The fraction of sp³-hybridized carbons (Fsp3) is 0.379. The number of esters is 1. The maximum Gasteiger partial charge on any atom is 0.337 e. The maximum atomic E-state index is 13.9. The van der Waals surface area contributed by atoms with Gasteiger partial charge < -0.3 is 24.3 Å². The highest BCUT2D eigenvalue weighted by Crippen LogP contribution is 2.50. The number of dihydropyridines is 1. The zero-order valence-corrected chi connectivity index (χ0v) is 21.6. The number of hydrogen-bond acceptors (Lipinski definition) is 7. The first-order chi connectivity index (χ1) is 17.3. The molecular weight excluding hydrogens is 458 g/mol. The van der Waals surface area contributed by atoms with Crippen molar-refractivity contribution in [2.75, 3.05) is 21.3 Å². The third-order valence-electron chi connectivity index (χ3n) is 6.71. The van der Waals surface area contributed by atoms with Gasteiger partial charge >= 0.3 is 5.97 Å². The van der Waals surface area contributed by atoms with E-state index in [2.05, 4.69) is 5.32 Å². The van der Waals surface area contributed by atoms with E-state index in [0.29, 0.717) is 46.7 Å². The first-order valence-electron chi connectivity index (χ1n) is 12.1. The Morgan fingerprint density at radius 3 is 2.25 bits per heavy atom. The molecule has 0 radical (unpaired) electrons. The van der Waals surface area contributed by atoms with Crippen molar-refractivity contribution in [2.24, 2.45) is 0 Å². The number of carbonyl (C=O) groups is 2. The van der Waals surface area contributed by atoms with E-state index in [9.17, 15) is 9.59 Å². The van der Waals surface area contributed by atoms with Gasteiger partial charge in [0.2, 0.25) is 0 Å². The van der Waals surface area contributed by atoms with Crippen LogP contribution in [0.5, 0.6) is 17.2 Å². The molecule has 0 bridgehead atoms. The van der Waals surface area contributed by atoms with E-state index >= 15 is 0 Å². The molecule has 7 nitrogen and oxygen atoms in total. The summed E-state index contributed by atoms with van der Waals surface area (Å²) in [6.45, 7) is 5.45. The third kappa shape index (κ3) is 4.57. The van der Waals surface area contributed by atoms with Crippen molar-refractivity contribution >= 4 is 11.8 Å². The van der Waals surface area contributed by atoms with E-state index in [0.717, 1.165) is 17.0 Å². The number of Topliss-reactive ketones (excluding diaryl/α,β-unsaturated/α-hetero) is 1. The van der Waals surface area contributed by atoms with Crippen molar-refractivity contribution in [1.29, 1.82) is 0 Å². The van der Waals surface area contributed by atoms with Gasteiger partial charge in [0.1, 0.15) is 5.75 Å². The van der Waals surface area contributed by atoms with Crippen LogP contribution in [0.15, 0.2) is 65.0 Å². The molecule has 1 aliphatic carbocycles. The molecule has 0 amide bonds. The standard InChI is InChI=1S/C29H33NO6/c1-16(2)36-29(32)25-17(3)30-21-14-18(19-10-7-8-12-23(19)33-4)15-22(31)27(21)26(25)20-11-9-13-24(34-5)28(20)35-6/h7-13,16,18,26,30H,14-15H2,1-6H3/t18-,26-/m1/s1. The average Bonchev–Trinajstić information content (AvgIpc) is 2.86. The number of benzene rings is 2. The fourth-order valence-electron chi connectivity index (χ4n) is 5.26. The number of hydrogen-bond donors (Lipinski definition) is 1. The summed E-state index contributed by atoms with van der Waals surface area (Å²) in [7, 11) is 4.76. The minimum atomic E-state index is -0.649. The molecule has 1 aliphatic heterocycles. The lowest BCUT2D eigenvalue weighted by Gasteiger charge is -2.37. The molecule has 0 saturated carbocycles. The van der Waals surface area contributed by atoms with Crippen LogP contribution >= 0.6 is 0 Å². The van der Waals surface area contributed by atoms with Crippen molar-refractivity contribution in [3.63, 3.8) is 0 Å². The summed E-state index contributed by atoms with van der Waals surface area (Å²) in [5, 5.41) is 3.38. The maximum absolute atomic E-state index is 13.9. The largest absolute Gasteiger partial charge is 0.496 e. The number of ketones is 1. The minimum absolute atomic E-state index is 0.0307. The summed E-state index contributed by atoms with van der Waals surface area (Å²) < 4.78 is 22.5. The Bertz CT molecular complexity index is 1240. The van der Waals surface area contributed by atoms with Crippen LogP contribution in [-0.2, 0) is 14.3 Å². The highest BCUT2D eigenvalue weighted by molar-refractivity contribution is 6.04. The van der Waals surface area contributed by atoms with Crippen LogP contribution in [0.3, 0.4) is 0 Å². The summed E-state index contributed by atoms with van der Waals surface area (Å²) >= 11 is 0. The first kappa shape index (κ1) is 25.4. The van der Waals surface area contributed by atoms with E-state index < -0.39 is 11.9 Å². The molecule has 0 spiro atoms. The van der Waals surface area contributed by atoms with Crippen molar-refractivity contribution in [2.45, 2.75) is 51.6 Å². The van der Waals surface area contributed by atoms with E-state index in [-0.39, 0.29) is 17.8 Å². The van der Waals surface area contributed by atoms with Crippen molar-refractivity contribution in [1.82, 2.24) is 5.32 Å². The predicted molar refractivity (Wildman–Crippen MR) is 136 cm³/mol. The summed E-state index contributed by atoms with van der Waals surface area (Å²) in [4.78, 5) is 27.2. The number of rotatable bonds is 7. The van der Waals surface area contributed by atoms with Gasteiger partial charge in [-0.1, -0.05) is 30.3 Å². The van der Waals surface area contributed by atoms with Crippen LogP contribution in [-0.4, -0.2) is 39.2 Å². The van der Waals surface area contributed by atoms with Crippen LogP contribution in [0.25, 0.3) is 0 Å². The Labute approximate surface area is 212 Å². The molecule has 7 heteroatoms. The van der Waals surface area contributed by atoms with Crippen molar-refractivity contribution in [3.8, 4) is 17.2 Å². The van der Waals surface area contributed by atoms with Gasteiger partial charge in [-0.3, -0.25) is 4.79 Å². The Balaban J connectivity index is 1.88. The normalized spacial score (nSPS) is 19.6. The van der Waals surface area contributed by atoms with E-state index in [1.165, 1.54) is 0 Å². The Hall–Kier alpha value is -3.74. The van der Waals surface area contributed by atoms with Gasteiger partial charge in [0.15, 0.2) is 17.3 Å². The van der Waals surface area contributed by atoms with Gasteiger partial charge in [-0.2, -0.15) is 0 Å². The zero-order valence-electron chi connectivity index (χ0n) is 21.6. The van der Waals surface area contributed by atoms with E-state index in [1.54, 1.807) is 41.2 Å². The Morgan fingerprint density at radius 2 is 1.58 bits per heavy atom.